The average molecular weight is 275 g/mol. The average Bonchev–Trinajstić information content (AvgIpc) is 2.94. The molecular formula is C15H21N3O2. The molecule has 0 aliphatic carbocycles. The number of pyridine rings is 1. The summed E-state index contributed by atoms with van der Waals surface area (Å²) < 4.78 is 0. The lowest BCUT2D eigenvalue weighted by Crippen LogP contribution is -2.26. The minimum atomic E-state index is -0.788. The molecule has 5 nitrogen and oxygen atoms in total. The number of hydrogen-bond acceptors (Lipinski definition) is 3. The third-order valence-electron chi connectivity index (χ3n) is 4.32. The Morgan fingerprint density at radius 3 is 3.20 bits per heavy atom. The molecule has 20 heavy (non-hydrogen) atoms. The second-order valence-corrected chi connectivity index (χ2v) is 5.76. The third-order valence-corrected chi connectivity index (χ3v) is 4.32. The summed E-state index contributed by atoms with van der Waals surface area (Å²) >= 11 is 0. The Hall–Kier alpha value is -1.78. The second kappa shape index (κ2) is 5.69. The standard InChI is InChI=1S/C15H21N3O2/c19-15(20)18-9-7-11(10-18)3-5-13-6-4-12-2-1-8-16-14(12)17-13/h4,6,11H,1-3,5,7-10H2,(H,16,17)(H,19,20)/t11-/m1/s1. The lowest BCUT2D eigenvalue weighted by molar-refractivity contribution is 0.154. The van der Waals surface area contributed by atoms with E-state index in [1.54, 1.807) is 0 Å². The van der Waals surface area contributed by atoms with Gasteiger partial charge in [0.05, 0.1) is 0 Å². The zero-order valence-electron chi connectivity index (χ0n) is 11.6. The highest BCUT2D eigenvalue weighted by Gasteiger charge is 2.25. The van der Waals surface area contributed by atoms with Crippen LogP contribution in [0.25, 0.3) is 0 Å². The molecule has 5 heteroatoms. The Morgan fingerprint density at radius 2 is 2.40 bits per heavy atom. The molecule has 2 aliphatic heterocycles. The third kappa shape index (κ3) is 2.86. The van der Waals surface area contributed by atoms with Crippen molar-refractivity contribution in [1.29, 1.82) is 0 Å². The molecule has 2 N–H and O–H groups in total. The Morgan fingerprint density at radius 1 is 1.50 bits per heavy atom. The van der Waals surface area contributed by atoms with Gasteiger partial charge in [0.25, 0.3) is 0 Å². The summed E-state index contributed by atoms with van der Waals surface area (Å²) in [7, 11) is 0. The molecule has 1 fully saturated rings. The first-order valence-corrected chi connectivity index (χ1v) is 7.43. The normalized spacial score (nSPS) is 21.4. The summed E-state index contributed by atoms with van der Waals surface area (Å²) in [5, 5.41) is 12.3. The van der Waals surface area contributed by atoms with Crippen LogP contribution >= 0.6 is 0 Å². The first-order valence-electron chi connectivity index (χ1n) is 7.43. The van der Waals surface area contributed by atoms with E-state index in [0.717, 1.165) is 43.7 Å². The maximum Gasteiger partial charge on any atom is 0.407 e. The zero-order valence-corrected chi connectivity index (χ0v) is 11.6. The highest BCUT2D eigenvalue weighted by atomic mass is 16.4. The quantitative estimate of drug-likeness (QED) is 0.889. The summed E-state index contributed by atoms with van der Waals surface area (Å²) in [6.45, 7) is 2.37. The Balaban J connectivity index is 1.55. The predicted octanol–water partition coefficient (Wildman–Crippen LogP) is 2.37. The van der Waals surface area contributed by atoms with Crippen LogP contribution in [0.15, 0.2) is 12.1 Å². The number of aryl methyl sites for hydroxylation is 2. The molecule has 0 aromatic carbocycles. The van der Waals surface area contributed by atoms with Crippen molar-refractivity contribution in [1.82, 2.24) is 9.88 Å². The van der Waals surface area contributed by atoms with Crippen LogP contribution in [0.3, 0.4) is 0 Å². The molecule has 0 spiro atoms. The van der Waals surface area contributed by atoms with Crippen molar-refractivity contribution < 1.29 is 9.90 Å². The zero-order chi connectivity index (χ0) is 13.9. The molecule has 1 saturated heterocycles. The van der Waals surface area contributed by atoms with Crippen LogP contribution in [0.5, 0.6) is 0 Å². The summed E-state index contributed by atoms with van der Waals surface area (Å²) in [5.74, 6) is 1.53. The molecule has 108 valence electrons. The van der Waals surface area contributed by atoms with E-state index in [1.807, 2.05) is 0 Å². The van der Waals surface area contributed by atoms with Gasteiger partial charge in [-0.1, -0.05) is 6.07 Å². The number of carboxylic acid groups (broad SMARTS) is 1. The van der Waals surface area contributed by atoms with Gasteiger partial charge in [-0.25, -0.2) is 9.78 Å². The van der Waals surface area contributed by atoms with Crippen LogP contribution in [-0.2, 0) is 12.8 Å². The van der Waals surface area contributed by atoms with Gasteiger partial charge in [0, 0.05) is 25.3 Å². The van der Waals surface area contributed by atoms with Crippen LogP contribution in [0, 0.1) is 5.92 Å². The molecule has 1 amide bonds. The number of rotatable bonds is 3. The van der Waals surface area contributed by atoms with E-state index in [4.69, 9.17) is 5.11 Å². The molecule has 2 aliphatic rings. The van der Waals surface area contributed by atoms with Gasteiger partial charge >= 0.3 is 6.09 Å². The van der Waals surface area contributed by atoms with E-state index in [0.29, 0.717) is 19.0 Å². The van der Waals surface area contributed by atoms with E-state index in [1.165, 1.54) is 16.9 Å². The number of hydrogen-bond donors (Lipinski definition) is 2. The van der Waals surface area contributed by atoms with Gasteiger partial charge in [0.2, 0.25) is 0 Å². The number of likely N-dealkylation sites (tertiary alicyclic amines) is 1. The van der Waals surface area contributed by atoms with Crippen molar-refractivity contribution in [3.63, 3.8) is 0 Å². The highest BCUT2D eigenvalue weighted by Crippen LogP contribution is 2.23. The van der Waals surface area contributed by atoms with E-state index < -0.39 is 6.09 Å². The van der Waals surface area contributed by atoms with Gasteiger partial charge in [-0.2, -0.15) is 0 Å². The minimum Gasteiger partial charge on any atom is -0.465 e. The van der Waals surface area contributed by atoms with Gasteiger partial charge in [0.15, 0.2) is 0 Å². The van der Waals surface area contributed by atoms with Crippen LogP contribution in [0.4, 0.5) is 10.6 Å². The molecule has 0 saturated carbocycles. The van der Waals surface area contributed by atoms with Gasteiger partial charge in [-0.15, -0.1) is 0 Å². The lowest BCUT2D eigenvalue weighted by atomic mass is 10.00. The first-order chi connectivity index (χ1) is 9.72. The van der Waals surface area contributed by atoms with Crippen molar-refractivity contribution in [2.75, 3.05) is 25.0 Å². The number of nitrogens with zero attached hydrogens (tertiary/aromatic N) is 2. The molecule has 3 heterocycles. The largest absolute Gasteiger partial charge is 0.465 e. The predicted molar refractivity (Wildman–Crippen MR) is 77.1 cm³/mol. The van der Waals surface area contributed by atoms with E-state index in [2.05, 4.69) is 22.4 Å². The number of nitrogens with one attached hydrogen (secondary N) is 1. The Kier molecular flexibility index (Phi) is 3.76. The van der Waals surface area contributed by atoms with Crippen LogP contribution < -0.4 is 5.32 Å². The summed E-state index contributed by atoms with van der Waals surface area (Å²) in [6.07, 6.45) is 4.45. The smallest absolute Gasteiger partial charge is 0.407 e. The molecule has 0 bridgehead atoms. The highest BCUT2D eigenvalue weighted by molar-refractivity contribution is 5.65. The minimum absolute atomic E-state index is 0.483. The topological polar surface area (TPSA) is 65.5 Å². The van der Waals surface area contributed by atoms with E-state index in [9.17, 15) is 4.79 Å². The van der Waals surface area contributed by atoms with Crippen LogP contribution in [0.2, 0.25) is 0 Å². The van der Waals surface area contributed by atoms with Crippen LogP contribution in [0.1, 0.15) is 30.5 Å². The van der Waals surface area contributed by atoms with Crippen LogP contribution in [-0.4, -0.2) is 40.7 Å². The van der Waals surface area contributed by atoms with Gasteiger partial charge in [0.1, 0.15) is 5.82 Å². The summed E-state index contributed by atoms with van der Waals surface area (Å²) in [6, 6.07) is 4.30. The molecule has 1 aromatic rings. The Bertz CT molecular complexity index is 504. The summed E-state index contributed by atoms with van der Waals surface area (Å²) in [5.41, 5.74) is 2.44. The van der Waals surface area contributed by atoms with E-state index >= 15 is 0 Å². The SMILES string of the molecule is O=C(O)N1CC[C@@H](CCc2ccc3c(n2)NCCC3)C1. The van der Waals surface area contributed by atoms with Gasteiger partial charge in [-0.3, -0.25) is 0 Å². The second-order valence-electron chi connectivity index (χ2n) is 5.76. The van der Waals surface area contributed by atoms with Crippen molar-refractivity contribution in [2.24, 2.45) is 5.92 Å². The lowest BCUT2D eigenvalue weighted by Gasteiger charge is -2.18. The van der Waals surface area contributed by atoms with Gasteiger partial charge in [-0.05, 0) is 49.7 Å². The molecule has 0 radical (unpaired) electrons. The van der Waals surface area contributed by atoms with Gasteiger partial charge < -0.3 is 15.3 Å². The van der Waals surface area contributed by atoms with Crippen molar-refractivity contribution in [2.45, 2.75) is 32.1 Å². The molecule has 1 atom stereocenters. The fraction of sp³-hybridized carbons (Fsp3) is 0.600. The number of amides is 1. The number of aromatic nitrogens is 1. The maximum absolute atomic E-state index is 10.9. The fourth-order valence-corrected chi connectivity index (χ4v) is 3.10. The Labute approximate surface area is 119 Å². The molecule has 0 unspecified atom stereocenters. The van der Waals surface area contributed by atoms with Crippen molar-refractivity contribution in [3.8, 4) is 0 Å². The van der Waals surface area contributed by atoms with Crippen molar-refractivity contribution >= 4 is 11.9 Å². The monoisotopic (exact) mass is 275 g/mol. The van der Waals surface area contributed by atoms with E-state index in [-0.39, 0.29) is 0 Å². The summed E-state index contributed by atoms with van der Waals surface area (Å²) in [4.78, 5) is 17.1. The van der Waals surface area contributed by atoms with Crippen molar-refractivity contribution in [3.05, 3.63) is 23.4 Å². The number of anilines is 1. The first kappa shape index (κ1) is 13.2. The maximum atomic E-state index is 10.9. The molecule has 1 aromatic heterocycles. The number of fused-ring (bicyclic) bond motifs is 1. The number of carbonyl (C=O) groups is 1. The molecule has 3 rings (SSSR count). The fourth-order valence-electron chi connectivity index (χ4n) is 3.10. The molecular weight excluding hydrogens is 254 g/mol.